The lowest BCUT2D eigenvalue weighted by atomic mass is 9.68. The second-order valence-electron chi connectivity index (χ2n) is 9.19. The Balaban J connectivity index is 1.76. The van der Waals surface area contributed by atoms with Crippen LogP contribution in [-0.4, -0.2) is 43.7 Å². The molecule has 2 aliphatic heterocycles. The molecule has 0 radical (unpaired) electrons. The molecule has 3 atom stereocenters. The highest BCUT2D eigenvalue weighted by molar-refractivity contribution is 6.74. The van der Waals surface area contributed by atoms with Crippen LogP contribution in [0.3, 0.4) is 0 Å². The lowest BCUT2D eigenvalue weighted by Gasteiger charge is -2.49. The smallest absolute Gasteiger partial charge is 0.192 e. The van der Waals surface area contributed by atoms with Crippen LogP contribution in [0.1, 0.15) is 46.5 Å². The Bertz CT molecular complexity index is 508. The zero-order chi connectivity index (χ0) is 16.3. The van der Waals surface area contributed by atoms with Gasteiger partial charge in [0.15, 0.2) is 8.32 Å². The first-order chi connectivity index (χ1) is 10.0. The van der Waals surface area contributed by atoms with Gasteiger partial charge in [0.1, 0.15) is 5.78 Å². The maximum atomic E-state index is 12.1. The Labute approximate surface area is 136 Å². The van der Waals surface area contributed by atoms with Gasteiger partial charge in [-0.15, -0.1) is 0 Å². The first-order valence-corrected chi connectivity index (χ1v) is 11.6. The van der Waals surface area contributed by atoms with Crippen molar-refractivity contribution in [2.75, 3.05) is 13.1 Å². The third-order valence-corrected chi connectivity index (χ3v) is 11.2. The number of carbonyl (C=O) groups is 1. The van der Waals surface area contributed by atoms with Crippen molar-refractivity contribution in [3.05, 3.63) is 12.2 Å². The molecule has 0 aromatic heterocycles. The standard InChI is InChI=1S/C18H31NO2Si/c1-13-11-19-12-14(21-22(5,6)17(2,3)4)9-18(19)8-7-16(20)15(13)10-18/h14-15H,1,7-12H2,2-6H3/t14-,15+,18+/m1/s1. The Morgan fingerprint density at radius 3 is 2.64 bits per heavy atom. The normalized spacial score (nSPS) is 36.6. The van der Waals surface area contributed by atoms with E-state index in [0.29, 0.717) is 11.9 Å². The van der Waals surface area contributed by atoms with Gasteiger partial charge in [0, 0.05) is 31.0 Å². The summed E-state index contributed by atoms with van der Waals surface area (Å²) in [5.74, 6) is 0.542. The van der Waals surface area contributed by atoms with Crippen LogP contribution in [0.4, 0.5) is 0 Å². The first-order valence-electron chi connectivity index (χ1n) is 8.67. The molecule has 3 rings (SSSR count). The fourth-order valence-corrected chi connectivity index (χ4v) is 5.63. The Morgan fingerprint density at radius 2 is 2.00 bits per heavy atom. The van der Waals surface area contributed by atoms with Crippen LogP contribution in [0.25, 0.3) is 0 Å². The van der Waals surface area contributed by atoms with Crippen molar-refractivity contribution < 1.29 is 9.22 Å². The first kappa shape index (κ1) is 16.4. The van der Waals surface area contributed by atoms with Gasteiger partial charge < -0.3 is 4.43 Å². The minimum absolute atomic E-state index is 0.122. The van der Waals surface area contributed by atoms with E-state index in [1.54, 1.807) is 0 Å². The van der Waals surface area contributed by atoms with E-state index in [-0.39, 0.29) is 16.5 Å². The molecule has 3 aliphatic rings. The van der Waals surface area contributed by atoms with Crippen molar-refractivity contribution in [1.82, 2.24) is 4.90 Å². The third kappa shape index (κ3) is 2.53. The van der Waals surface area contributed by atoms with Crippen LogP contribution < -0.4 is 0 Å². The maximum absolute atomic E-state index is 12.1. The van der Waals surface area contributed by atoms with E-state index in [1.807, 2.05) is 0 Å². The van der Waals surface area contributed by atoms with Crippen molar-refractivity contribution in [2.45, 2.75) is 76.2 Å². The SMILES string of the molecule is C=C1CN2C[C@H](O[Si](C)(C)C(C)(C)C)C[C@]23CCC(=O)[C@H]1C3. The number of hydrogen-bond acceptors (Lipinski definition) is 3. The number of nitrogens with zero attached hydrogens (tertiary/aromatic N) is 1. The summed E-state index contributed by atoms with van der Waals surface area (Å²) in [5, 5.41) is 0.252. The van der Waals surface area contributed by atoms with Gasteiger partial charge >= 0.3 is 0 Å². The third-order valence-electron chi connectivity index (χ3n) is 6.67. The minimum atomic E-state index is -1.73. The number of piperidine rings is 1. The van der Waals surface area contributed by atoms with E-state index in [2.05, 4.69) is 45.3 Å². The fraction of sp³-hybridized carbons (Fsp3) is 0.833. The molecule has 3 fully saturated rings. The summed E-state index contributed by atoms with van der Waals surface area (Å²) in [7, 11) is -1.73. The van der Waals surface area contributed by atoms with Gasteiger partial charge in [-0.2, -0.15) is 0 Å². The highest BCUT2D eigenvalue weighted by Gasteiger charge is 2.55. The molecule has 3 nitrogen and oxygen atoms in total. The topological polar surface area (TPSA) is 29.5 Å². The molecule has 1 saturated carbocycles. The molecule has 0 unspecified atom stereocenters. The molecule has 124 valence electrons. The molecule has 2 bridgehead atoms. The van der Waals surface area contributed by atoms with Crippen LogP contribution in [0.2, 0.25) is 18.1 Å². The summed E-state index contributed by atoms with van der Waals surface area (Å²) >= 11 is 0. The van der Waals surface area contributed by atoms with Gasteiger partial charge in [-0.05, 0) is 37.4 Å². The molecule has 22 heavy (non-hydrogen) atoms. The van der Waals surface area contributed by atoms with E-state index < -0.39 is 8.32 Å². The van der Waals surface area contributed by atoms with Gasteiger partial charge in [-0.3, -0.25) is 9.69 Å². The van der Waals surface area contributed by atoms with Gasteiger partial charge in [0.25, 0.3) is 0 Å². The molecule has 0 amide bonds. The number of rotatable bonds is 2. The Hall–Kier alpha value is -0.453. The van der Waals surface area contributed by atoms with Crippen molar-refractivity contribution in [3.63, 3.8) is 0 Å². The van der Waals surface area contributed by atoms with Crippen LogP contribution in [-0.2, 0) is 9.22 Å². The maximum Gasteiger partial charge on any atom is 0.192 e. The molecule has 0 aromatic carbocycles. The quantitative estimate of drug-likeness (QED) is 0.573. The zero-order valence-electron chi connectivity index (χ0n) is 14.9. The fourth-order valence-electron chi connectivity index (χ4n) is 4.29. The number of fused-ring (bicyclic) bond motifs is 1. The second-order valence-corrected chi connectivity index (χ2v) is 13.9. The molecule has 1 aliphatic carbocycles. The highest BCUT2D eigenvalue weighted by atomic mass is 28.4. The average molecular weight is 322 g/mol. The summed E-state index contributed by atoms with van der Waals surface area (Å²) < 4.78 is 6.69. The van der Waals surface area contributed by atoms with Gasteiger partial charge in [0.2, 0.25) is 0 Å². The lowest BCUT2D eigenvalue weighted by molar-refractivity contribution is -0.128. The van der Waals surface area contributed by atoms with E-state index in [0.717, 1.165) is 44.3 Å². The molecular formula is C18H31NO2Si. The van der Waals surface area contributed by atoms with E-state index in [4.69, 9.17) is 4.43 Å². The van der Waals surface area contributed by atoms with E-state index in [1.165, 1.54) is 0 Å². The number of ketones is 1. The second kappa shape index (κ2) is 5.02. The molecule has 2 saturated heterocycles. The Kier molecular flexibility index (Phi) is 3.74. The predicted molar refractivity (Wildman–Crippen MR) is 92.5 cm³/mol. The molecule has 1 spiro atoms. The number of Topliss-reactive ketones (excluding diaryl/α,β-unsaturated/α-hetero) is 1. The van der Waals surface area contributed by atoms with E-state index >= 15 is 0 Å². The van der Waals surface area contributed by atoms with Crippen LogP contribution in [0, 0.1) is 5.92 Å². The zero-order valence-corrected chi connectivity index (χ0v) is 15.9. The molecule has 0 N–H and O–H groups in total. The summed E-state index contributed by atoms with van der Waals surface area (Å²) in [6.07, 6.45) is 4.18. The average Bonchev–Trinajstić information content (AvgIpc) is 2.69. The van der Waals surface area contributed by atoms with Crippen LogP contribution in [0.5, 0.6) is 0 Å². The molecule has 0 aromatic rings. The molecule has 2 heterocycles. The Morgan fingerprint density at radius 1 is 1.32 bits per heavy atom. The summed E-state index contributed by atoms with van der Waals surface area (Å²) in [5.41, 5.74) is 1.35. The summed E-state index contributed by atoms with van der Waals surface area (Å²) in [6.45, 7) is 17.7. The van der Waals surface area contributed by atoms with Gasteiger partial charge in [0.05, 0.1) is 6.10 Å². The minimum Gasteiger partial charge on any atom is -0.413 e. The molecular weight excluding hydrogens is 290 g/mol. The van der Waals surface area contributed by atoms with Gasteiger partial charge in [-0.1, -0.05) is 32.9 Å². The highest BCUT2D eigenvalue weighted by Crippen LogP contribution is 2.50. The van der Waals surface area contributed by atoms with Crippen molar-refractivity contribution >= 4 is 14.1 Å². The summed E-state index contributed by atoms with van der Waals surface area (Å²) in [6, 6.07) is 0. The monoisotopic (exact) mass is 321 g/mol. The molecule has 4 heteroatoms. The van der Waals surface area contributed by atoms with Crippen LogP contribution >= 0.6 is 0 Å². The van der Waals surface area contributed by atoms with Gasteiger partial charge in [-0.25, -0.2) is 0 Å². The van der Waals surface area contributed by atoms with Crippen molar-refractivity contribution in [1.29, 1.82) is 0 Å². The van der Waals surface area contributed by atoms with Crippen molar-refractivity contribution in [2.24, 2.45) is 5.92 Å². The number of hydrogen-bond donors (Lipinski definition) is 0. The largest absolute Gasteiger partial charge is 0.413 e. The van der Waals surface area contributed by atoms with Crippen molar-refractivity contribution in [3.8, 4) is 0 Å². The lowest BCUT2D eigenvalue weighted by Crippen LogP contribution is -2.55. The number of carbonyl (C=O) groups excluding carboxylic acids is 1. The van der Waals surface area contributed by atoms with E-state index in [9.17, 15) is 4.79 Å². The van der Waals surface area contributed by atoms with Crippen LogP contribution in [0.15, 0.2) is 12.2 Å². The predicted octanol–water partition coefficient (Wildman–Crippen LogP) is 3.76. The summed E-state index contributed by atoms with van der Waals surface area (Å²) in [4.78, 5) is 14.7.